The van der Waals surface area contributed by atoms with Crippen LogP contribution in [-0.2, 0) is 0 Å². The Morgan fingerprint density at radius 1 is 1.07 bits per heavy atom. The van der Waals surface area contributed by atoms with Crippen LogP contribution in [0.4, 0.5) is 0 Å². The van der Waals surface area contributed by atoms with E-state index >= 15 is 0 Å². The van der Waals surface area contributed by atoms with Crippen LogP contribution in [0.3, 0.4) is 0 Å². The normalized spacial score (nSPS) is 26.2. The Bertz CT molecular complexity index is 323. The van der Waals surface area contributed by atoms with Gasteiger partial charge in [-0.2, -0.15) is 0 Å². The van der Waals surface area contributed by atoms with Gasteiger partial charge in [-0.3, -0.25) is 4.99 Å². The molecule has 1 nitrogen and oxygen atoms in total. The van der Waals surface area contributed by atoms with Gasteiger partial charge in [0.2, 0.25) is 0 Å². The molecule has 15 heavy (non-hydrogen) atoms. The number of hydrogen-bond donors (Lipinski definition) is 0. The molecule has 0 spiro atoms. The molecule has 0 heterocycles. The number of hydrogen-bond acceptors (Lipinski definition) is 1. The van der Waals surface area contributed by atoms with E-state index in [0.29, 0.717) is 12.0 Å². The van der Waals surface area contributed by atoms with Crippen LogP contribution in [-0.4, -0.2) is 12.8 Å². The zero-order chi connectivity index (χ0) is 10.7. The summed E-state index contributed by atoms with van der Waals surface area (Å²) in [7, 11) is 0. The topological polar surface area (TPSA) is 12.4 Å². The minimum absolute atomic E-state index is 0.494. The molecular formula is C13H16ClN. The molecule has 0 saturated heterocycles. The SMILES string of the molecule is C=NC1CCC(c2ccc(Cl)cc2)CC1. The largest absolute Gasteiger partial charge is 0.298 e. The Balaban J connectivity index is 2.01. The maximum absolute atomic E-state index is 5.87. The highest BCUT2D eigenvalue weighted by Gasteiger charge is 2.20. The first-order valence-corrected chi connectivity index (χ1v) is 5.88. The summed E-state index contributed by atoms with van der Waals surface area (Å²) in [5.41, 5.74) is 1.42. The summed E-state index contributed by atoms with van der Waals surface area (Å²) in [6, 6.07) is 8.75. The molecule has 0 unspecified atom stereocenters. The number of nitrogens with zero attached hydrogens (tertiary/aromatic N) is 1. The quantitative estimate of drug-likeness (QED) is 0.668. The maximum atomic E-state index is 5.87. The summed E-state index contributed by atoms with van der Waals surface area (Å²) in [6.07, 6.45) is 4.81. The third kappa shape index (κ3) is 2.60. The van der Waals surface area contributed by atoms with Crippen molar-refractivity contribution in [3.05, 3.63) is 34.9 Å². The van der Waals surface area contributed by atoms with Crippen molar-refractivity contribution in [1.82, 2.24) is 0 Å². The molecule has 2 rings (SSSR count). The van der Waals surface area contributed by atoms with E-state index in [4.69, 9.17) is 11.6 Å². The average molecular weight is 222 g/mol. The van der Waals surface area contributed by atoms with E-state index in [-0.39, 0.29) is 0 Å². The lowest BCUT2D eigenvalue weighted by Crippen LogP contribution is -2.15. The maximum Gasteiger partial charge on any atom is 0.0492 e. The van der Waals surface area contributed by atoms with E-state index in [1.54, 1.807) is 0 Å². The molecule has 80 valence electrons. The van der Waals surface area contributed by atoms with E-state index in [2.05, 4.69) is 23.8 Å². The fourth-order valence-electron chi connectivity index (χ4n) is 2.33. The molecule has 0 amide bonds. The average Bonchev–Trinajstić information content (AvgIpc) is 2.30. The van der Waals surface area contributed by atoms with Crippen molar-refractivity contribution in [2.24, 2.45) is 4.99 Å². The lowest BCUT2D eigenvalue weighted by Gasteiger charge is -2.26. The molecule has 0 aromatic heterocycles. The highest BCUT2D eigenvalue weighted by Crippen LogP contribution is 2.34. The van der Waals surface area contributed by atoms with Gasteiger partial charge in [0, 0.05) is 11.1 Å². The first kappa shape index (κ1) is 10.7. The number of benzene rings is 1. The summed E-state index contributed by atoms with van der Waals surface area (Å²) >= 11 is 5.87. The second kappa shape index (κ2) is 4.80. The molecule has 1 aromatic rings. The molecule has 0 aliphatic heterocycles. The van der Waals surface area contributed by atoms with Gasteiger partial charge in [-0.25, -0.2) is 0 Å². The van der Waals surface area contributed by atoms with Gasteiger partial charge < -0.3 is 0 Å². The molecule has 0 radical (unpaired) electrons. The highest BCUT2D eigenvalue weighted by molar-refractivity contribution is 6.30. The number of halogens is 1. The molecule has 0 N–H and O–H groups in total. The van der Waals surface area contributed by atoms with Crippen LogP contribution in [0.1, 0.15) is 37.2 Å². The van der Waals surface area contributed by atoms with Gasteiger partial charge in [0.05, 0.1) is 0 Å². The van der Waals surface area contributed by atoms with Crippen LogP contribution in [0, 0.1) is 0 Å². The molecule has 1 aliphatic rings. The molecule has 0 bridgehead atoms. The zero-order valence-electron chi connectivity index (χ0n) is 8.82. The first-order valence-electron chi connectivity index (χ1n) is 5.51. The predicted octanol–water partition coefficient (Wildman–Crippen LogP) is 4.07. The van der Waals surface area contributed by atoms with Crippen molar-refractivity contribution < 1.29 is 0 Å². The summed E-state index contributed by atoms with van der Waals surface area (Å²) in [5, 5.41) is 0.820. The second-order valence-corrected chi connectivity index (χ2v) is 4.68. The van der Waals surface area contributed by atoms with Crippen LogP contribution in [0.15, 0.2) is 29.3 Å². The lowest BCUT2D eigenvalue weighted by atomic mass is 9.82. The standard InChI is InChI=1S/C13H16ClN/c1-15-13-8-4-11(5-9-13)10-2-6-12(14)7-3-10/h2-3,6-7,11,13H,1,4-5,8-9H2. The summed E-state index contributed by atoms with van der Waals surface area (Å²) in [4.78, 5) is 4.12. The van der Waals surface area contributed by atoms with E-state index < -0.39 is 0 Å². The monoisotopic (exact) mass is 221 g/mol. The van der Waals surface area contributed by atoms with E-state index in [1.807, 2.05) is 12.1 Å². The van der Waals surface area contributed by atoms with Crippen LogP contribution >= 0.6 is 11.6 Å². The van der Waals surface area contributed by atoms with Crippen LogP contribution in [0.2, 0.25) is 5.02 Å². The molecule has 1 aromatic carbocycles. The molecule has 0 atom stereocenters. The fraction of sp³-hybridized carbons (Fsp3) is 0.462. The Kier molecular flexibility index (Phi) is 3.42. The minimum atomic E-state index is 0.494. The van der Waals surface area contributed by atoms with Gasteiger partial charge in [-0.05, 0) is 56.0 Å². The number of rotatable bonds is 2. The fourth-order valence-corrected chi connectivity index (χ4v) is 2.45. The van der Waals surface area contributed by atoms with Gasteiger partial charge in [0.1, 0.15) is 0 Å². The first-order chi connectivity index (χ1) is 7.29. The van der Waals surface area contributed by atoms with Crippen LogP contribution in [0.5, 0.6) is 0 Å². The molecule has 2 heteroatoms. The second-order valence-electron chi connectivity index (χ2n) is 4.24. The van der Waals surface area contributed by atoms with E-state index in [0.717, 1.165) is 5.02 Å². The van der Waals surface area contributed by atoms with Gasteiger partial charge in [0.15, 0.2) is 0 Å². The van der Waals surface area contributed by atoms with Crippen LogP contribution in [0.25, 0.3) is 0 Å². The van der Waals surface area contributed by atoms with Gasteiger partial charge >= 0.3 is 0 Å². The van der Waals surface area contributed by atoms with E-state index in [9.17, 15) is 0 Å². The molecule has 1 fully saturated rings. The van der Waals surface area contributed by atoms with Crippen molar-refractivity contribution in [2.45, 2.75) is 37.6 Å². The predicted molar refractivity (Wildman–Crippen MR) is 66.0 cm³/mol. The molecule has 1 aliphatic carbocycles. The Labute approximate surface area is 96.2 Å². The number of aliphatic imine (C=N–C) groups is 1. The summed E-state index contributed by atoms with van der Waals surface area (Å²) in [5.74, 6) is 0.695. The minimum Gasteiger partial charge on any atom is -0.298 e. The summed E-state index contributed by atoms with van der Waals surface area (Å²) in [6.45, 7) is 3.63. The molecule has 1 saturated carbocycles. The van der Waals surface area contributed by atoms with Crippen LogP contribution < -0.4 is 0 Å². The Hall–Kier alpha value is -0.820. The van der Waals surface area contributed by atoms with Crippen molar-refractivity contribution in [3.8, 4) is 0 Å². The van der Waals surface area contributed by atoms with Gasteiger partial charge in [0.25, 0.3) is 0 Å². The third-order valence-corrected chi connectivity index (χ3v) is 3.55. The Morgan fingerprint density at radius 2 is 1.67 bits per heavy atom. The Morgan fingerprint density at radius 3 is 2.20 bits per heavy atom. The van der Waals surface area contributed by atoms with E-state index in [1.165, 1.54) is 31.2 Å². The lowest BCUT2D eigenvalue weighted by molar-refractivity contribution is 0.398. The van der Waals surface area contributed by atoms with Gasteiger partial charge in [-0.1, -0.05) is 23.7 Å². The summed E-state index contributed by atoms with van der Waals surface area (Å²) < 4.78 is 0. The van der Waals surface area contributed by atoms with Crippen molar-refractivity contribution in [2.75, 3.05) is 0 Å². The zero-order valence-corrected chi connectivity index (χ0v) is 9.58. The van der Waals surface area contributed by atoms with Crippen molar-refractivity contribution in [3.63, 3.8) is 0 Å². The smallest absolute Gasteiger partial charge is 0.0492 e. The molecular weight excluding hydrogens is 206 g/mol. The third-order valence-electron chi connectivity index (χ3n) is 3.30. The van der Waals surface area contributed by atoms with Gasteiger partial charge in [-0.15, -0.1) is 0 Å². The van der Waals surface area contributed by atoms with Crippen molar-refractivity contribution in [1.29, 1.82) is 0 Å². The van der Waals surface area contributed by atoms with Crippen molar-refractivity contribution >= 4 is 18.3 Å². The highest BCUT2D eigenvalue weighted by atomic mass is 35.5.